The van der Waals surface area contributed by atoms with Gasteiger partial charge in [0, 0.05) is 18.8 Å². The smallest absolute Gasteiger partial charge is 0.322 e. The number of nitrogens with zero attached hydrogens (tertiary/aromatic N) is 1. The van der Waals surface area contributed by atoms with Crippen LogP contribution in [0.4, 0.5) is 5.69 Å². The van der Waals surface area contributed by atoms with Crippen LogP contribution >= 0.6 is 0 Å². The number of carboxylic acid groups (broad SMARTS) is 1. The van der Waals surface area contributed by atoms with Gasteiger partial charge in [0.15, 0.2) is 0 Å². The van der Waals surface area contributed by atoms with E-state index < -0.39 is 12.0 Å². The molecule has 0 aliphatic heterocycles. The van der Waals surface area contributed by atoms with Gasteiger partial charge in [-0.2, -0.15) is 0 Å². The molecular formula is C15H24N2O2. The summed E-state index contributed by atoms with van der Waals surface area (Å²) in [6.07, 6.45) is 0.931. The van der Waals surface area contributed by atoms with E-state index in [2.05, 4.69) is 16.3 Å². The third-order valence-electron chi connectivity index (χ3n) is 3.09. The Morgan fingerprint density at radius 1 is 1.42 bits per heavy atom. The van der Waals surface area contributed by atoms with Gasteiger partial charge in [0.2, 0.25) is 0 Å². The second-order valence-electron chi connectivity index (χ2n) is 4.72. The zero-order valence-electron chi connectivity index (χ0n) is 12.0. The molecule has 0 saturated carbocycles. The molecule has 106 valence electrons. The fraction of sp³-hybridized carbons (Fsp3) is 0.533. The lowest BCUT2D eigenvalue weighted by Gasteiger charge is -2.27. The molecule has 1 aromatic carbocycles. The van der Waals surface area contributed by atoms with Crippen molar-refractivity contribution in [2.75, 3.05) is 24.5 Å². The van der Waals surface area contributed by atoms with E-state index in [0.29, 0.717) is 6.54 Å². The Hall–Kier alpha value is -1.55. The second kappa shape index (κ2) is 7.79. The summed E-state index contributed by atoms with van der Waals surface area (Å²) in [7, 11) is 0. The maximum absolute atomic E-state index is 11.3. The van der Waals surface area contributed by atoms with E-state index in [1.54, 1.807) is 0 Å². The number of anilines is 1. The molecule has 0 saturated heterocycles. The molecule has 2 N–H and O–H groups in total. The van der Waals surface area contributed by atoms with Crippen LogP contribution in [0, 0.1) is 6.92 Å². The van der Waals surface area contributed by atoms with Gasteiger partial charge in [0.1, 0.15) is 6.04 Å². The van der Waals surface area contributed by atoms with Crippen LogP contribution in [-0.4, -0.2) is 36.8 Å². The molecule has 0 radical (unpaired) electrons. The molecule has 1 rings (SSSR count). The van der Waals surface area contributed by atoms with E-state index in [0.717, 1.165) is 25.2 Å². The van der Waals surface area contributed by atoms with Crippen molar-refractivity contribution in [2.45, 2.75) is 33.2 Å². The maximum atomic E-state index is 11.3. The highest BCUT2D eigenvalue weighted by Crippen LogP contribution is 2.16. The molecule has 0 aromatic heterocycles. The predicted molar refractivity (Wildman–Crippen MR) is 78.8 cm³/mol. The van der Waals surface area contributed by atoms with Gasteiger partial charge in [-0.3, -0.25) is 4.79 Å². The molecule has 4 nitrogen and oxygen atoms in total. The monoisotopic (exact) mass is 264 g/mol. The van der Waals surface area contributed by atoms with Crippen LogP contribution in [-0.2, 0) is 4.79 Å². The molecule has 0 spiro atoms. The SMILES string of the molecule is CCCNC(CN(CC)c1cccc(C)c1)C(=O)O. The summed E-state index contributed by atoms with van der Waals surface area (Å²) in [6, 6.07) is 7.63. The lowest BCUT2D eigenvalue weighted by Crippen LogP contribution is -2.46. The molecule has 0 aliphatic rings. The summed E-state index contributed by atoms with van der Waals surface area (Å²) < 4.78 is 0. The minimum Gasteiger partial charge on any atom is -0.480 e. The van der Waals surface area contributed by atoms with E-state index in [4.69, 9.17) is 0 Å². The summed E-state index contributed by atoms with van der Waals surface area (Å²) in [5.41, 5.74) is 2.26. The first-order valence-corrected chi connectivity index (χ1v) is 6.86. The van der Waals surface area contributed by atoms with Crippen molar-refractivity contribution in [3.05, 3.63) is 29.8 Å². The van der Waals surface area contributed by atoms with E-state index in [1.165, 1.54) is 5.56 Å². The largest absolute Gasteiger partial charge is 0.480 e. The Labute approximate surface area is 115 Å². The van der Waals surface area contributed by atoms with Crippen LogP contribution in [0.5, 0.6) is 0 Å². The second-order valence-corrected chi connectivity index (χ2v) is 4.72. The van der Waals surface area contributed by atoms with E-state index in [9.17, 15) is 9.90 Å². The Kier molecular flexibility index (Phi) is 6.36. The summed E-state index contributed by atoms with van der Waals surface area (Å²) in [4.78, 5) is 13.4. The van der Waals surface area contributed by atoms with Crippen molar-refractivity contribution in [3.63, 3.8) is 0 Å². The Balaban J connectivity index is 2.76. The Morgan fingerprint density at radius 2 is 2.16 bits per heavy atom. The molecule has 0 heterocycles. The van der Waals surface area contributed by atoms with Gasteiger partial charge in [-0.25, -0.2) is 0 Å². The first-order valence-electron chi connectivity index (χ1n) is 6.86. The van der Waals surface area contributed by atoms with Crippen molar-refractivity contribution in [1.29, 1.82) is 0 Å². The number of likely N-dealkylation sites (N-methyl/N-ethyl adjacent to an activating group) is 1. The van der Waals surface area contributed by atoms with Crippen molar-refractivity contribution in [1.82, 2.24) is 5.32 Å². The lowest BCUT2D eigenvalue weighted by atomic mass is 10.2. The van der Waals surface area contributed by atoms with Crippen molar-refractivity contribution in [3.8, 4) is 0 Å². The number of carboxylic acids is 1. The van der Waals surface area contributed by atoms with E-state index in [-0.39, 0.29) is 0 Å². The highest BCUT2D eigenvalue weighted by molar-refractivity contribution is 5.74. The van der Waals surface area contributed by atoms with Gasteiger partial charge in [-0.05, 0) is 44.5 Å². The van der Waals surface area contributed by atoms with Gasteiger partial charge in [0.25, 0.3) is 0 Å². The minimum absolute atomic E-state index is 0.481. The van der Waals surface area contributed by atoms with E-state index >= 15 is 0 Å². The Morgan fingerprint density at radius 3 is 2.68 bits per heavy atom. The summed E-state index contributed by atoms with van der Waals surface area (Å²) in [5.74, 6) is -0.792. The molecule has 1 atom stereocenters. The number of nitrogens with one attached hydrogen (secondary N) is 1. The standard InChI is InChI=1S/C15H24N2O2/c1-4-9-16-14(15(18)19)11-17(5-2)13-8-6-7-12(3)10-13/h6-8,10,14,16H,4-5,9,11H2,1-3H3,(H,18,19). The van der Waals surface area contributed by atoms with Crippen LogP contribution in [0.2, 0.25) is 0 Å². The third-order valence-corrected chi connectivity index (χ3v) is 3.09. The first-order chi connectivity index (χ1) is 9.08. The zero-order chi connectivity index (χ0) is 14.3. The van der Waals surface area contributed by atoms with Crippen LogP contribution in [0.3, 0.4) is 0 Å². The maximum Gasteiger partial charge on any atom is 0.322 e. The van der Waals surface area contributed by atoms with Gasteiger partial charge < -0.3 is 15.3 Å². The van der Waals surface area contributed by atoms with Crippen LogP contribution in [0.25, 0.3) is 0 Å². The zero-order valence-corrected chi connectivity index (χ0v) is 12.0. The average Bonchev–Trinajstić information content (AvgIpc) is 2.38. The third kappa shape index (κ3) is 4.91. The molecule has 0 bridgehead atoms. The van der Waals surface area contributed by atoms with E-state index in [1.807, 2.05) is 39.0 Å². The molecule has 0 aliphatic carbocycles. The number of aryl methyl sites for hydroxylation is 1. The number of rotatable bonds is 8. The highest BCUT2D eigenvalue weighted by atomic mass is 16.4. The van der Waals surface area contributed by atoms with Crippen LogP contribution in [0.1, 0.15) is 25.8 Å². The molecule has 1 unspecified atom stereocenters. The molecule has 19 heavy (non-hydrogen) atoms. The molecule has 1 aromatic rings. The molecule has 0 amide bonds. The van der Waals surface area contributed by atoms with Crippen molar-refractivity contribution >= 4 is 11.7 Å². The fourth-order valence-electron chi connectivity index (χ4n) is 2.01. The van der Waals surface area contributed by atoms with Gasteiger partial charge in [-0.1, -0.05) is 19.1 Å². The normalized spacial score (nSPS) is 12.2. The summed E-state index contributed by atoms with van der Waals surface area (Å²) in [5, 5.41) is 12.3. The van der Waals surface area contributed by atoms with Crippen LogP contribution in [0.15, 0.2) is 24.3 Å². The predicted octanol–water partition coefficient (Wildman–Crippen LogP) is 2.27. The summed E-state index contributed by atoms with van der Waals surface area (Å²) >= 11 is 0. The summed E-state index contributed by atoms with van der Waals surface area (Å²) in [6.45, 7) is 8.12. The first kappa shape index (κ1) is 15.5. The number of hydrogen-bond donors (Lipinski definition) is 2. The van der Waals surface area contributed by atoms with Crippen molar-refractivity contribution in [2.24, 2.45) is 0 Å². The van der Waals surface area contributed by atoms with Gasteiger partial charge in [-0.15, -0.1) is 0 Å². The fourth-order valence-corrected chi connectivity index (χ4v) is 2.01. The molecule has 0 fully saturated rings. The highest BCUT2D eigenvalue weighted by Gasteiger charge is 2.19. The average molecular weight is 264 g/mol. The number of carbonyl (C=O) groups is 1. The van der Waals surface area contributed by atoms with Crippen LogP contribution < -0.4 is 10.2 Å². The Bertz CT molecular complexity index is 407. The number of aliphatic carboxylic acids is 1. The number of hydrogen-bond acceptors (Lipinski definition) is 3. The minimum atomic E-state index is -0.792. The van der Waals surface area contributed by atoms with Gasteiger partial charge in [0.05, 0.1) is 0 Å². The van der Waals surface area contributed by atoms with Gasteiger partial charge >= 0.3 is 5.97 Å². The quantitative estimate of drug-likeness (QED) is 0.756. The van der Waals surface area contributed by atoms with Crippen molar-refractivity contribution < 1.29 is 9.90 Å². The number of benzene rings is 1. The molecule has 4 heteroatoms. The molecular weight excluding hydrogens is 240 g/mol. The lowest BCUT2D eigenvalue weighted by molar-refractivity contribution is -0.139. The topological polar surface area (TPSA) is 52.6 Å².